The average molecular weight is 647 g/mol. The number of hydrogen-bond donors (Lipinski definition) is 2. The zero-order chi connectivity index (χ0) is 30.6. The standard InChI is InChI=1S/C34H36BrN3O5/c1-24(8-5-13-31(40)36(18-19-39)22-25-9-3-2-4-10-25)34(43)29-21-27(35)15-16-30(29)38(33(34)42)23-26-11-6-12-28(20-26)37-17-7-14-32(37)41/h2-6,8-12,15-16,20-21,24,39,43H,7,13-14,17-19,22-23H2,1H3/b8-5+/t24-,34+/m1/s1. The van der Waals surface area contributed by atoms with E-state index in [-0.39, 0.29) is 37.9 Å². The first-order valence-electron chi connectivity index (χ1n) is 14.5. The molecule has 2 aliphatic rings. The van der Waals surface area contributed by atoms with Gasteiger partial charge in [0.15, 0.2) is 5.60 Å². The fourth-order valence-corrected chi connectivity index (χ4v) is 6.22. The van der Waals surface area contributed by atoms with Gasteiger partial charge in [0.1, 0.15) is 0 Å². The lowest BCUT2D eigenvalue weighted by Gasteiger charge is -2.28. The van der Waals surface area contributed by atoms with Crippen molar-refractivity contribution in [3.63, 3.8) is 0 Å². The summed E-state index contributed by atoms with van der Waals surface area (Å²) >= 11 is 3.49. The van der Waals surface area contributed by atoms with E-state index in [9.17, 15) is 24.6 Å². The van der Waals surface area contributed by atoms with Crippen LogP contribution >= 0.6 is 15.9 Å². The Kier molecular flexibility index (Phi) is 9.44. The van der Waals surface area contributed by atoms with Gasteiger partial charge in [-0.3, -0.25) is 14.4 Å². The van der Waals surface area contributed by atoms with E-state index in [1.165, 1.54) is 0 Å². The molecule has 2 heterocycles. The Morgan fingerprint density at radius 2 is 1.84 bits per heavy atom. The molecule has 0 saturated carbocycles. The topological polar surface area (TPSA) is 101 Å². The van der Waals surface area contributed by atoms with Crippen molar-refractivity contribution in [2.24, 2.45) is 5.92 Å². The molecule has 43 heavy (non-hydrogen) atoms. The van der Waals surface area contributed by atoms with Gasteiger partial charge in [-0.25, -0.2) is 0 Å². The van der Waals surface area contributed by atoms with Gasteiger partial charge in [0.2, 0.25) is 11.8 Å². The highest BCUT2D eigenvalue weighted by Crippen LogP contribution is 2.47. The van der Waals surface area contributed by atoms with Crippen molar-refractivity contribution < 1.29 is 24.6 Å². The van der Waals surface area contributed by atoms with Crippen LogP contribution in [0.5, 0.6) is 0 Å². The Bertz CT molecular complexity index is 1530. The van der Waals surface area contributed by atoms with Crippen LogP contribution in [0.4, 0.5) is 11.4 Å². The monoisotopic (exact) mass is 645 g/mol. The quantitative estimate of drug-likeness (QED) is 0.289. The third kappa shape index (κ3) is 6.44. The van der Waals surface area contributed by atoms with Gasteiger partial charge >= 0.3 is 0 Å². The fourth-order valence-electron chi connectivity index (χ4n) is 5.86. The molecule has 0 unspecified atom stereocenters. The summed E-state index contributed by atoms with van der Waals surface area (Å²) in [7, 11) is 0. The van der Waals surface area contributed by atoms with Crippen molar-refractivity contribution >= 4 is 45.0 Å². The first-order valence-corrected chi connectivity index (χ1v) is 15.3. The number of anilines is 2. The summed E-state index contributed by atoms with van der Waals surface area (Å²) in [6.45, 7) is 3.13. The summed E-state index contributed by atoms with van der Waals surface area (Å²) in [6, 6.07) is 22.6. The first kappa shape index (κ1) is 30.7. The minimum atomic E-state index is -1.84. The summed E-state index contributed by atoms with van der Waals surface area (Å²) in [6.07, 6.45) is 4.83. The third-order valence-electron chi connectivity index (χ3n) is 8.18. The van der Waals surface area contributed by atoms with E-state index in [1.807, 2.05) is 66.7 Å². The van der Waals surface area contributed by atoms with Crippen molar-refractivity contribution in [3.8, 4) is 0 Å². The number of hydrogen-bond acceptors (Lipinski definition) is 5. The molecule has 1 fully saturated rings. The Balaban J connectivity index is 1.34. The molecule has 2 N–H and O–H groups in total. The van der Waals surface area contributed by atoms with Crippen LogP contribution in [0, 0.1) is 5.92 Å². The number of nitrogens with zero attached hydrogens (tertiary/aromatic N) is 3. The highest BCUT2D eigenvalue weighted by molar-refractivity contribution is 9.10. The van der Waals surface area contributed by atoms with Crippen LogP contribution in [-0.4, -0.2) is 52.5 Å². The molecule has 2 atom stereocenters. The molecular weight excluding hydrogens is 610 g/mol. The van der Waals surface area contributed by atoms with E-state index >= 15 is 0 Å². The molecule has 3 aromatic carbocycles. The lowest BCUT2D eigenvalue weighted by molar-refractivity contribution is -0.139. The number of carbonyl (C=O) groups is 3. The molecule has 0 aliphatic carbocycles. The summed E-state index contributed by atoms with van der Waals surface area (Å²) in [5, 5.41) is 21.5. The third-order valence-corrected chi connectivity index (χ3v) is 8.68. The number of aliphatic hydroxyl groups excluding tert-OH is 1. The number of amides is 3. The maximum absolute atomic E-state index is 14.0. The van der Waals surface area contributed by atoms with Crippen LogP contribution in [0.2, 0.25) is 0 Å². The van der Waals surface area contributed by atoms with Crippen molar-refractivity contribution in [2.45, 2.75) is 44.9 Å². The lowest BCUT2D eigenvalue weighted by atomic mass is 9.83. The molecule has 3 amide bonds. The van der Waals surface area contributed by atoms with Crippen LogP contribution in [0.15, 0.2) is 89.4 Å². The maximum atomic E-state index is 14.0. The van der Waals surface area contributed by atoms with Crippen LogP contribution in [0.3, 0.4) is 0 Å². The van der Waals surface area contributed by atoms with E-state index < -0.39 is 17.4 Å². The minimum absolute atomic E-state index is 0.0680. The summed E-state index contributed by atoms with van der Waals surface area (Å²) in [5.41, 5.74) is 1.89. The fraction of sp³-hybridized carbons (Fsp3) is 0.324. The normalized spacial score (nSPS) is 18.9. The molecular formula is C34H36BrN3O5. The van der Waals surface area contributed by atoms with E-state index in [0.29, 0.717) is 30.8 Å². The van der Waals surface area contributed by atoms with Crippen molar-refractivity contribution in [1.29, 1.82) is 0 Å². The molecule has 2 aliphatic heterocycles. The largest absolute Gasteiger partial charge is 0.395 e. The number of benzene rings is 3. The van der Waals surface area contributed by atoms with Gasteiger partial charge in [0.05, 0.1) is 18.8 Å². The maximum Gasteiger partial charge on any atom is 0.264 e. The second kappa shape index (κ2) is 13.2. The summed E-state index contributed by atoms with van der Waals surface area (Å²) in [4.78, 5) is 44.3. The van der Waals surface area contributed by atoms with Crippen LogP contribution in [0.1, 0.15) is 42.9 Å². The van der Waals surface area contributed by atoms with E-state index in [1.54, 1.807) is 39.8 Å². The van der Waals surface area contributed by atoms with Gasteiger partial charge in [0, 0.05) is 54.1 Å². The summed E-state index contributed by atoms with van der Waals surface area (Å²) in [5.74, 6) is -1.15. The Labute approximate surface area is 260 Å². The van der Waals surface area contributed by atoms with Gasteiger partial charge in [-0.05, 0) is 47.9 Å². The van der Waals surface area contributed by atoms with E-state index in [2.05, 4.69) is 15.9 Å². The second-order valence-electron chi connectivity index (χ2n) is 11.1. The van der Waals surface area contributed by atoms with Gasteiger partial charge in [0.25, 0.3) is 5.91 Å². The lowest BCUT2D eigenvalue weighted by Crippen LogP contribution is -2.44. The zero-order valence-electron chi connectivity index (χ0n) is 24.2. The zero-order valence-corrected chi connectivity index (χ0v) is 25.7. The Hall–Kier alpha value is -3.79. The number of halogens is 1. The Morgan fingerprint density at radius 1 is 1.07 bits per heavy atom. The molecule has 0 aromatic heterocycles. The molecule has 3 aromatic rings. The molecule has 224 valence electrons. The molecule has 0 radical (unpaired) electrons. The number of fused-ring (bicyclic) bond motifs is 1. The van der Waals surface area contributed by atoms with Gasteiger partial charge < -0.3 is 24.9 Å². The molecule has 5 rings (SSSR count). The van der Waals surface area contributed by atoms with E-state index in [4.69, 9.17) is 0 Å². The highest BCUT2D eigenvalue weighted by Gasteiger charge is 2.52. The molecule has 0 spiro atoms. The molecule has 9 heteroatoms. The average Bonchev–Trinajstić information content (AvgIpc) is 3.53. The minimum Gasteiger partial charge on any atom is -0.395 e. The SMILES string of the molecule is C[C@H](/C=C/CC(=O)N(CCO)Cc1ccccc1)[C@@]1(O)C(=O)N(Cc2cccc(N3CCCC3=O)c2)c2ccc(Br)cc21. The van der Waals surface area contributed by atoms with Gasteiger partial charge in [-0.15, -0.1) is 0 Å². The second-order valence-corrected chi connectivity index (χ2v) is 12.0. The summed E-state index contributed by atoms with van der Waals surface area (Å²) < 4.78 is 0.737. The van der Waals surface area contributed by atoms with Crippen molar-refractivity contribution in [1.82, 2.24) is 4.90 Å². The van der Waals surface area contributed by atoms with Gasteiger partial charge in [-0.2, -0.15) is 0 Å². The number of rotatable bonds is 11. The van der Waals surface area contributed by atoms with Gasteiger partial charge in [-0.1, -0.05) is 77.5 Å². The molecule has 1 saturated heterocycles. The Morgan fingerprint density at radius 3 is 2.56 bits per heavy atom. The van der Waals surface area contributed by atoms with Crippen LogP contribution < -0.4 is 9.80 Å². The molecule has 8 nitrogen and oxygen atoms in total. The van der Waals surface area contributed by atoms with Crippen LogP contribution in [-0.2, 0) is 33.1 Å². The first-order chi connectivity index (χ1) is 20.7. The van der Waals surface area contributed by atoms with Crippen LogP contribution in [0.25, 0.3) is 0 Å². The predicted molar refractivity (Wildman–Crippen MR) is 169 cm³/mol. The molecule has 0 bridgehead atoms. The van der Waals surface area contributed by atoms with E-state index in [0.717, 1.165) is 27.7 Å². The highest BCUT2D eigenvalue weighted by atomic mass is 79.9. The van der Waals surface area contributed by atoms with Crippen molar-refractivity contribution in [3.05, 3.63) is 106 Å². The predicted octanol–water partition coefficient (Wildman–Crippen LogP) is 4.91. The van der Waals surface area contributed by atoms with Crippen molar-refractivity contribution in [2.75, 3.05) is 29.5 Å². The number of carbonyl (C=O) groups excluding carboxylic acids is 3. The smallest absolute Gasteiger partial charge is 0.264 e. The number of aliphatic hydroxyl groups is 2.